The molecule has 0 radical (unpaired) electrons. The molecule has 0 N–H and O–H groups in total. The van der Waals surface area contributed by atoms with Crippen LogP contribution in [0.5, 0.6) is 0 Å². The van der Waals surface area contributed by atoms with E-state index in [1.54, 1.807) is 0 Å². The van der Waals surface area contributed by atoms with E-state index in [1.807, 2.05) is 0 Å². The van der Waals surface area contributed by atoms with Gasteiger partial charge in [-0.05, 0) is 83.5 Å². The zero-order valence-corrected chi connectivity index (χ0v) is 40.2. The zero-order valence-electron chi connectivity index (χ0n) is 40.2. The van der Waals surface area contributed by atoms with Crippen molar-refractivity contribution < 1.29 is 28.6 Å². The molecule has 0 amide bonds. The van der Waals surface area contributed by atoms with Crippen molar-refractivity contribution >= 4 is 17.9 Å². The van der Waals surface area contributed by atoms with E-state index in [4.69, 9.17) is 14.2 Å². The molecule has 0 fully saturated rings. The zero-order chi connectivity index (χ0) is 44.4. The van der Waals surface area contributed by atoms with Crippen LogP contribution in [0.15, 0.2) is 60.8 Å². The number of ether oxygens (including phenoxy) is 3. The van der Waals surface area contributed by atoms with Crippen LogP contribution in [0.1, 0.15) is 252 Å². The summed E-state index contributed by atoms with van der Waals surface area (Å²) in [7, 11) is 0. The average molecular weight is 853 g/mol. The molecular formula is C55H96O6. The van der Waals surface area contributed by atoms with Crippen molar-refractivity contribution in [3.63, 3.8) is 0 Å². The number of unbranched alkanes of at least 4 members (excludes halogenated alkanes) is 25. The average Bonchev–Trinajstić information content (AvgIpc) is 3.26. The fraction of sp³-hybridized carbons (Fsp3) is 0.764. The van der Waals surface area contributed by atoms with Gasteiger partial charge < -0.3 is 14.2 Å². The third-order valence-corrected chi connectivity index (χ3v) is 11.0. The quantitative estimate of drug-likeness (QED) is 0.0263. The summed E-state index contributed by atoms with van der Waals surface area (Å²) in [6.45, 7) is 6.48. The van der Waals surface area contributed by atoms with E-state index >= 15 is 0 Å². The number of esters is 3. The van der Waals surface area contributed by atoms with Crippen LogP contribution < -0.4 is 0 Å². The molecule has 6 nitrogen and oxygen atoms in total. The molecule has 0 spiro atoms. The third kappa shape index (κ3) is 48.0. The lowest BCUT2D eigenvalue weighted by molar-refractivity contribution is -0.167. The second-order valence-corrected chi connectivity index (χ2v) is 17.1. The van der Waals surface area contributed by atoms with Gasteiger partial charge in [-0.25, -0.2) is 0 Å². The summed E-state index contributed by atoms with van der Waals surface area (Å²) >= 11 is 0. The van der Waals surface area contributed by atoms with Crippen molar-refractivity contribution in [3.05, 3.63) is 60.8 Å². The van der Waals surface area contributed by atoms with Gasteiger partial charge in [0, 0.05) is 19.3 Å². The van der Waals surface area contributed by atoms with Crippen molar-refractivity contribution in [1.82, 2.24) is 0 Å². The molecule has 0 aliphatic rings. The number of carbonyl (C=O) groups excluding carboxylic acids is 3. The lowest BCUT2D eigenvalue weighted by atomic mass is 10.0. The summed E-state index contributed by atoms with van der Waals surface area (Å²) < 4.78 is 16.8. The van der Waals surface area contributed by atoms with Crippen LogP contribution >= 0.6 is 0 Å². The SMILES string of the molecule is CC/C=C\C/C=C\C/C=C\C/C=C\CCCCCC(=O)OCC(COC(=O)CCCCCCC/C=C\CCCCC)OC(=O)CCCCCCCCCCCCCCCCC. The molecule has 61 heavy (non-hydrogen) atoms. The third-order valence-electron chi connectivity index (χ3n) is 11.0. The first kappa shape index (κ1) is 58.1. The van der Waals surface area contributed by atoms with Gasteiger partial charge in [-0.2, -0.15) is 0 Å². The molecule has 1 atom stereocenters. The second kappa shape index (κ2) is 49.8. The molecule has 352 valence electrons. The van der Waals surface area contributed by atoms with Gasteiger partial charge in [-0.3, -0.25) is 14.4 Å². The normalized spacial score (nSPS) is 12.5. The first-order chi connectivity index (χ1) is 30.0. The monoisotopic (exact) mass is 853 g/mol. The Morgan fingerprint density at radius 1 is 0.344 bits per heavy atom. The maximum absolute atomic E-state index is 12.8. The smallest absolute Gasteiger partial charge is 0.306 e. The first-order valence-corrected chi connectivity index (χ1v) is 25.8. The molecule has 0 aromatic carbocycles. The number of allylic oxidation sites excluding steroid dienone is 10. The van der Waals surface area contributed by atoms with E-state index in [1.165, 1.54) is 116 Å². The summed E-state index contributed by atoms with van der Waals surface area (Å²) in [6, 6.07) is 0. The van der Waals surface area contributed by atoms with Crippen LogP contribution in [-0.2, 0) is 28.6 Å². The Morgan fingerprint density at radius 2 is 0.639 bits per heavy atom. The molecule has 0 heterocycles. The largest absolute Gasteiger partial charge is 0.462 e. The maximum atomic E-state index is 12.8. The first-order valence-electron chi connectivity index (χ1n) is 25.8. The predicted molar refractivity (Wildman–Crippen MR) is 261 cm³/mol. The van der Waals surface area contributed by atoms with Gasteiger partial charge in [0.25, 0.3) is 0 Å². The number of hydrogen-bond acceptors (Lipinski definition) is 6. The van der Waals surface area contributed by atoms with Gasteiger partial charge >= 0.3 is 17.9 Å². The van der Waals surface area contributed by atoms with Gasteiger partial charge in [0.1, 0.15) is 13.2 Å². The van der Waals surface area contributed by atoms with Crippen LogP contribution in [0.25, 0.3) is 0 Å². The van der Waals surface area contributed by atoms with Crippen LogP contribution in [0.3, 0.4) is 0 Å². The van der Waals surface area contributed by atoms with Crippen molar-refractivity contribution in [3.8, 4) is 0 Å². The Hall–Kier alpha value is -2.89. The Bertz CT molecular complexity index is 1120. The minimum Gasteiger partial charge on any atom is -0.462 e. The molecule has 0 saturated heterocycles. The molecule has 0 saturated carbocycles. The van der Waals surface area contributed by atoms with E-state index in [2.05, 4.69) is 81.5 Å². The molecule has 0 aromatic rings. The van der Waals surface area contributed by atoms with Crippen molar-refractivity contribution in [1.29, 1.82) is 0 Å². The van der Waals surface area contributed by atoms with Crippen molar-refractivity contribution in [2.24, 2.45) is 0 Å². The maximum Gasteiger partial charge on any atom is 0.306 e. The van der Waals surface area contributed by atoms with Gasteiger partial charge in [0.2, 0.25) is 0 Å². The fourth-order valence-electron chi connectivity index (χ4n) is 7.13. The Balaban J connectivity index is 4.42. The van der Waals surface area contributed by atoms with Gasteiger partial charge in [0.15, 0.2) is 6.10 Å². The van der Waals surface area contributed by atoms with Gasteiger partial charge in [-0.15, -0.1) is 0 Å². The van der Waals surface area contributed by atoms with Crippen molar-refractivity contribution in [2.75, 3.05) is 13.2 Å². The van der Waals surface area contributed by atoms with Crippen LogP contribution in [-0.4, -0.2) is 37.2 Å². The summed E-state index contributed by atoms with van der Waals surface area (Å²) in [5.41, 5.74) is 0. The van der Waals surface area contributed by atoms with Gasteiger partial charge in [0.05, 0.1) is 0 Å². The van der Waals surface area contributed by atoms with Crippen LogP contribution in [0.4, 0.5) is 0 Å². The summed E-state index contributed by atoms with van der Waals surface area (Å²) in [5, 5.41) is 0. The summed E-state index contributed by atoms with van der Waals surface area (Å²) in [5.74, 6) is -0.922. The number of hydrogen-bond donors (Lipinski definition) is 0. The Labute approximate surface area is 377 Å². The summed E-state index contributed by atoms with van der Waals surface area (Å²) in [6.07, 6.45) is 60.6. The van der Waals surface area contributed by atoms with Gasteiger partial charge in [-0.1, -0.05) is 210 Å². The molecule has 0 aromatic heterocycles. The van der Waals surface area contributed by atoms with E-state index in [0.29, 0.717) is 19.3 Å². The molecule has 1 unspecified atom stereocenters. The highest BCUT2D eigenvalue weighted by atomic mass is 16.6. The standard InChI is InChI=1S/C55H96O6/c1-4-7-10-13-16-19-22-25-27-29-30-33-36-39-42-45-48-54(57)60-51-52(50-59-53(56)47-44-41-38-35-32-24-21-18-15-12-9-6-3)61-55(58)49-46-43-40-37-34-31-28-26-23-20-17-14-11-8-5-2/h7,10,16,18-19,21,25,27,30,33,52H,4-6,8-9,11-15,17,20,22-24,26,28-29,31-32,34-51H2,1-3H3/b10-7-,19-16-,21-18-,27-25-,33-30-. The minimum absolute atomic E-state index is 0.0871. The van der Waals surface area contributed by atoms with E-state index < -0.39 is 6.10 Å². The predicted octanol–water partition coefficient (Wildman–Crippen LogP) is 16.9. The van der Waals surface area contributed by atoms with E-state index in [0.717, 1.165) is 96.3 Å². The highest BCUT2D eigenvalue weighted by Crippen LogP contribution is 2.15. The van der Waals surface area contributed by atoms with Crippen molar-refractivity contribution in [2.45, 2.75) is 258 Å². The second-order valence-electron chi connectivity index (χ2n) is 17.1. The Kier molecular flexibility index (Phi) is 47.4. The molecule has 0 rings (SSSR count). The van der Waals surface area contributed by atoms with Crippen LogP contribution in [0, 0.1) is 0 Å². The molecule has 6 heteroatoms. The van der Waals surface area contributed by atoms with E-state index in [9.17, 15) is 14.4 Å². The molecular weight excluding hydrogens is 757 g/mol. The molecule has 0 aliphatic heterocycles. The Morgan fingerprint density at radius 3 is 1.07 bits per heavy atom. The number of carbonyl (C=O) groups is 3. The van der Waals surface area contributed by atoms with E-state index in [-0.39, 0.29) is 31.1 Å². The highest BCUT2D eigenvalue weighted by Gasteiger charge is 2.19. The van der Waals surface area contributed by atoms with Crippen LogP contribution in [0.2, 0.25) is 0 Å². The highest BCUT2D eigenvalue weighted by molar-refractivity contribution is 5.71. The lowest BCUT2D eigenvalue weighted by Crippen LogP contribution is -2.30. The topological polar surface area (TPSA) is 78.9 Å². The number of rotatable bonds is 46. The fourth-order valence-corrected chi connectivity index (χ4v) is 7.13. The summed E-state index contributed by atoms with van der Waals surface area (Å²) in [4.78, 5) is 37.9. The molecule has 0 aliphatic carbocycles. The molecule has 0 bridgehead atoms. The minimum atomic E-state index is -0.787. The lowest BCUT2D eigenvalue weighted by Gasteiger charge is -2.18.